The number of benzene rings is 2. The molecule has 0 spiro atoms. The molecule has 2 aromatic rings. The van der Waals surface area contributed by atoms with E-state index in [1.165, 1.54) is 11.1 Å². The van der Waals surface area contributed by atoms with Crippen LogP contribution in [0.25, 0.3) is 0 Å². The fourth-order valence-corrected chi connectivity index (χ4v) is 3.82. The van der Waals surface area contributed by atoms with Crippen molar-refractivity contribution in [1.82, 2.24) is 4.90 Å². The van der Waals surface area contributed by atoms with Crippen molar-refractivity contribution < 1.29 is 9.90 Å². The van der Waals surface area contributed by atoms with Crippen LogP contribution in [0.1, 0.15) is 41.1 Å². The van der Waals surface area contributed by atoms with Crippen molar-refractivity contribution >= 4 is 17.6 Å². The number of aliphatic carboxylic acids is 1. The zero-order chi connectivity index (χ0) is 17.3. The molecule has 126 valence electrons. The van der Waals surface area contributed by atoms with Gasteiger partial charge < -0.3 is 5.11 Å². The lowest BCUT2D eigenvalue weighted by Gasteiger charge is -2.33. The maximum atomic E-state index is 11.7. The van der Waals surface area contributed by atoms with Crippen LogP contribution in [-0.4, -0.2) is 28.6 Å². The molecule has 1 aliphatic heterocycles. The molecule has 1 fully saturated rings. The molecular weight excluding hydrogens is 322 g/mol. The standard InChI is InChI=1S/C20H22ClNO2/c1-13-5-10-17(14(2)12-13)19(15-6-8-16(21)9-7-15)22-11-3-4-18(22)20(23)24/h5-10,12,18-19H,3-4,11H2,1-2H3,(H,23,24). The van der Waals surface area contributed by atoms with Gasteiger partial charge in [0.05, 0.1) is 6.04 Å². The molecule has 1 heterocycles. The van der Waals surface area contributed by atoms with Gasteiger partial charge in [-0.2, -0.15) is 0 Å². The Morgan fingerprint density at radius 1 is 1.21 bits per heavy atom. The fourth-order valence-electron chi connectivity index (χ4n) is 3.69. The maximum Gasteiger partial charge on any atom is 0.320 e. The summed E-state index contributed by atoms with van der Waals surface area (Å²) in [5.41, 5.74) is 4.64. The summed E-state index contributed by atoms with van der Waals surface area (Å²) >= 11 is 6.05. The highest BCUT2D eigenvalue weighted by molar-refractivity contribution is 6.30. The molecule has 24 heavy (non-hydrogen) atoms. The molecule has 1 N–H and O–H groups in total. The molecule has 0 aromatic heterocycles. The number of carboxylic acid groups (broad SMARTS) is 1. The van der Waals surface area contributed by atoms with E-state index in [2.05, 4.69) is 36.9 Å². The van der Waals surface area contributed by atoms with E-state index in [-0.39, 0.29) is 6.04 Å². The second kappa shape index (κ2) is 6.96. The van der Waals surface area contributed by atoms with Gasteiger partial charge in [-0.25, -0.2) is 0 Å². The number of likely N-dealkylation sites (tertiary alicyclic amines) is 1. The van der Waals surface area contributed by atoms with Gasteiger partial charge in [-0.3, -0.25) is 9.69 Å². The van der Waals surface area contributed by atoms with Crippen LogP contribution in [0.4, 0.5) is 0 Å². The van der Waals surface area contributed by atoms with E-state index in [9.17, 15) is 9.90 Å². The summed E-state index contributed by atoms with van der Waals surface area (Å²) in [5.74, 6) is -0.740. The van der Waals surface area contributed by atoms with E-state index in [4.69, 9.17) is 11.6 Å². The average molecular weight is 344 g/mol. The number of halogens is 1. The third kappa shape index (κ3) is 3.33. The SMILES string of the molecule is Cc1ccc(C(c2ccc(Cl)cc2)N2CCCC2C(=O)O)c(C)c1. The van der Waals surface area contributed by atoms with Gasteiger partial charge in [0.1, 0.15) is 6.04 Å². The Bertz CT molecular complexity index is 742. The topological polar surface area (TPSA) is 40.5 Å². The smallest absolute Gasteiger partial charge is 0.320 e. The predicted octanol–water partition coefficient (Wildman–Crippen LogP) is 4.60. The Labute approximate surface area is 147 Å². The molecule has 2 unspecified atom stereocenters. The molecule has 3 rings (SSSR count). The second-order valence-corrected chi connectivity index (χ2v) is 6.98. The van der Waals surface area contributed by atoms with Gasteiger partial charge in [-0.1, -0.05) is 47.5 Å². The summed E-state index contributed by atoms with van der Waals surface area (Å²) in [6, 6.07) is 13.6. The highest BCUT2D eigenvalue weighted by atomic mass is 35.5. The number of rotatable bonds is 4. The lowest BCUT2D eigenvalue weighted by molar-refractivity contribution is -0.142. The normalized spacial score (nSPS) is 19.4. The molecule has 0 aliphatic carbocycles. The molecule has 3 nitrogen and oxygen atoms in total. The van der Waals surface area contributed by atoms with Crippen molar-refractivity contribution in [3.8, 4) is 0 Å². The Morgan fingerprint density at radius 2 is 1.92 bits per heavy atom. The Kier molecular flexibility index (Phi) is 4.93. The minimum absolute atomic E-state index is 0.0635. The predicted molar refractivity (Wildman–Crippen MR) is 96.6 cm³/mol. The van der Waals surface area contributed by atoms with Crippen molar-refractivity contribution in [2.24, 2.45) is 0 Å². The van der Waals surface area contributed by atoms with Crippen LogP contribution in [0, 0.1) is 13.8 Å². The number of nitrogens with zero attached hydrogens (tertiary/aromatic N) is 1. The van der Waals surface area contributed by atoms with Gasteiger partial charge >= 0.3 is 5.97 Å². The van der Waals surface area contributed by atoms with Gasteiger partial charge in [-0.05, 0) is 55.5 Å². The second-order valence-electron chi connectivity index (χ2n) is 6.55. The quantitative estimate of drug-likeness (QED) is 0.882. The minimum atomic E-state index is -0.740. The van der Waals surface area contributed by atoms with Crippen LogP contribution in [0.15, 0.2) is 42.5 Å². The lowest BCUT2D eigenvalue weighted by atomic mass is 9.92. The average Bonchev–Trinajstić information content (AvgIpc) is 3.01. The summed E-state index contributed by atoms with van der Waals surface area (Å²) in [4.78, 5) is 13.8. The van der Waals surface area contributed by atoms with Crippen molar-refractivity contribution in [3.63, 3.8) is 0 Å². The van der Waals surface area contributed by atoms with E-state index < -0.39 is 12.0 Å². The van der Waals surface area contributed by atoms with Crippen molar-refractivity contribution in [1.29, 1.82) is 0 Å². The molecule has 1 aliphatic rings. The van der Waals surface area contributed by atoms with Gasteiger partial charge in [0.25, 0.3) is 0 Å². The first-order valence-corrected chi connectivity index (χ1v) is 8.66. The molecule has 0 bridgehead atoms. The third-order valence-corrected chi connectivity index (χ3v) is 5.07. The number of hydrogen-bond acceptors (Lipinski definition) is 2. The van der Waals surface area contributed by atoms with Crippen LogP contribution in [0.5, 0.6) is 0 Å². The zero-order valence-corrected chi connectivity index (χ0v) is 14.8. The minimum Gasteiger partial charge on any atom is -0.480 e. The third-order valence-electron chi connectivity index (χ3n) is 4.82. The van der Waals surface area contributed by atoms with Gasteiger partial charge in [0, 0.05) is 11.6 Å². The first-order valence-electron chi connectivity index (χ1n) is 8.28. The molecular formula is C20H22ClNO2. The Hall–Kier alpha value is -1.84. The Balaban J connectivity index is 2.10. The fraction of sp³-hybridized carbons (Fsp3) is 0.350. The molecule has 2 aromatic carbocycles. The number of hydrogen-bond donors (Lipinski definition) is 1. The van der Waals surface area contributed by atoms with Gasteiger partial charge in [0.15, 0.2) is 0 Å². The van der Waals surface area contributed by atoms with E-state index >= 15 is 0 Å². The van der Waals surface area contributed by atoms with Crippen LogP contribution in [-0.2, 0) is 4.79 Å². The molecule has 0 amide bonds. The Morgan fingerprint density at radius 3 is 2.54 bits per heavy atom. The van der Waals surface area contributed by atoms with E-state index in [1.807, 2.05) is 24.3 Å². The largest absolute Gasteiger partial charge is 0.480 e. The lowest BCUT2D eigenvalue weighted by Crippen LogP contribution is -2.39. The zero-order valence-electron chi connectivity index (χ0n) is 14.0. The van der Waals surface area contributed by atoms with E-state index in [1.54, 1.807) is 0 Å². The highest BCUT2D eigenvalue weighted by Crippen LogP contribution is 2.36. The van der Waals surface area contributed by atoms with Crippen LogP contribution < -0.4 is 0 Å². The first-order chi connectivity index (χ1) is 11.5. The number of carbonyl (C=O) groups is 1. The first kappa shape index (κ1) is 17.0. The number of carboxylic acids is 1. The van der Waals surface area contributed by atoms with Gasteiger partial charge in [-0.15, -0.1) is 0 Å². The summed E-state index contributed by atoms with van der Waals surface area (Å²) in [6.07, 6.45) is 1.61. The maximum absolute atomic E-state index is 11.7. The van der Waals surface area contributed by atoms with Crippen molar-refractivity contribution in [2.75, 3.05) is 6.54 Å². The van der Waals surface area contributed by atoms with E-state index in [0.29, 0.717) is 11.4 Å². The summed E-state index contributed by atoms with van der Waals surface area (Å²) < 4.78 is 0. The summed E-state index contributed by atoms with van der Waals surface area (Å²) in [5, 5.41) is 10.3. The van der Waals surface area contributed by atoms with E-state index in [0.717, 1.165) is 24.1 Å². The molecule has 0 radical (unpaired) electrons. The van der Waals surface area contributed by atoms with Crippen LogP contribution >= 0.6 is 11.6 Å². The molecule has 0 saturated carbocycles. The van der Waals surface area contributed by atoms with Crippen molar-refractivity contribution in [2.45, 2.75) is 38.8 Å². The summed E-state index contributed by atoms with van der Waals surface area (Å²) in [6.45, 7) is 4.96. The summed E-state index contributed by atoms with van der Waals surface area (Å²) in [7, 11) is 0. The molecule has 4 heteroatoms. The monoisotopic (exact) mass is 343 g/mol. The van der Waals surface area contributed by atoms with Crippen molar-refractivity contribution in [3.05, 3.63) is 69.7 Å². The highest BCUT2D eigenvalue weighted by Gasteiger charge is 2.37. The van der Waals surface area contributed by atoms with Gasteiger partial charge in [0.2, 0.25) is 0 Å². The van der Waals surface area contributed by atoms with Crippen LogP contribution in [0.3, 0.4) is 0 Å². The van der Waals surface area contributed by atoms with Crippen LogP contribution in [0.2, 0.25) is 5.02 Å². The molecule has 2 atom stereocenters. The molecule has 1 saturated heterocycles. The number of aryl methyl sites for hydroxylation is 2.